The van der Waals surface area contributed by atoms with E-state index in [2.05, 4.69) is 21.3 Å². The number of benzene rings is 2. The van der Waals surface area contributed by atoms with Crippen LogP contribution in [0.1, 0.15) is 12.0 Å². The first-order valence-electron chi connectivity index (χ1n) is 11.2. The van der Waals surface area contributed by atoms with Gasteiger partial charge in [0.15, 0.2) is 0 Å². The van der Waals surface area contributed by atoms with Crippen molar-refractivity contribution < 1.29 is 0 Å². The summed E-state index contributed by atoms with van der Waals surface area (Å²) in [5, 5.41) is 4.56. The first-order valence-corrected chi connectivity index (χ1v) is 11.9. The highest BCUT2D eigenvalue weighted by molar-refractivity contribution is 6.36. The standard InChI is InChI=1S/C26H23Cl2N5O/c27-21-8-4-9-22(28)20(21)10-12-29-26-30-13-11-23(31-26)32-14-5-15-33-24(32)16-19(17-25(33)34)18-6-2-1-3-7-18/h1-4,6-9,11,13,16-17H,5,10,12,14-15H2,(H,29,30,31). The number of pyridine rings is 1. The van der Waals surface area contributed by atoms with E-state index >= 15 is 0 Å². The normalized spacial score (nSPS) is 12.9. The van der Waals surface area contributed by atoms with E-state index in [4.69, 9.17) is 28.2 Å². The van der Waals surface area contributed by atoms with Gasteiger partial charge in [-0.05, 0) is 53.8 Å². The predicted molar refractivity (Wildman–Crippen MR) is 138 cm³/mol. The molecular formula is C26H23Cl2N5O. The summed E-state index contributed by atoms with van der Waals surface area (Å²) in [4.78, 5) is 24.1. The van der Waals surface area contributed by atoms with Crippen molar-refractivity contribution in [3.63, 3.8) is 0 Å². The smallest absolute Gasteiger partial charge is 0.252 e. The van der Waals surface area contributed by atoms with Crippen LogP contribution in [0.25, 0.3) is 11.1 Å². The Bertz CT molecular complexity index is 1350. The lowest BCUT2D eigenvalue weighted by Gasteiger charge is -2.31. The summed E-state index contributed by atoms with van der Waals surface area (Å²) in [6, 6.07) is 21.1. The van der Waals surface area contributed by atoms with Crippen LogP contribution < -0.4 is 15.8 Å². The van der Waals surface area contributed by atoms with Gasteiger partial charge in [-0.3, -0.25) is 9.36 Å². The average Bonchev–Trinajstić information content (AvgIpc) is 2.86. The molecule has 2 aromatic heterocycles. The molecule has 3 heterocycles. The van der Waals surface area contributed by atoms with Crippen molar-refractivity contribution in [1.82, 2.24) is 14.5 Å². The molecule has 6 nitrogen and oxygen atoms in total. The number of halogens is 2. The van der Waals surface area contributed by atoms with Gasteiger partial charge >= 0.3 is 0 Å². The molecule has 0 aliphatic carbocycles. The van der Waals surface area contributed by atoms with Gasteiger partial charge in [-0.25, -0.2) is 4.98 Å². The van der Waals surface area contributed by atoms with E-state index in [-0.39, 0.29) is 5.56 Å². The molecule has 0 bridgehead atoms. The fourth-order valence-electron chi connectivity index (χ4n) is 4.22. The number of aromatic nitrogens is 3. The minimum atomic E-state index is -0.00919. The number of anilines is 3. The Morgan fingerprint density at radius 2 is 1.71 bits per heavy atom. The molecule has 0 saturated heterocycles. The van der Waals surface area contributed by atoms with Gasteiger partial charge in [0, 0.05) is 41.9 Å². The maximum absolute atomic E-state index is 12.9. The highest BCUT2D eigenvalue weighted by atomic mass is 35.5. The maximum Gasteiger partial charge on any atom is 0.252 e. The lowest BCUT2D eigenvalue weighted by molar-refractivity contribution is 0.574. The van der Waals surface area contributed by atoms with Gasteiger partial charge in [-0.15, -0.1) is 0 Å². The Morgan fingerprint density at radius 1 is 0.912 bits per heavy atom. The third-order valence-electron chi connectivity index (χ3n) is 5.89. The van der Waals surface area contributed by atoms with Crippen LogP contribution in [0, 0.1) is 0 Å². The largest absolute Gasteiger partial charge is 0.354 e. The molecule has 0 saturated carbocycles. The second-order valence-electron chi connectivity index (χ2n) is 8.08. The van der Waals surface area contributed by atoms with E-state index in [1.54, 1.807) is 12.3 Å². The second-order valence-corrected chi connectivity index (χ2v) is 8.89. The molecule has 2 aromatic carbocycles. The van der Waals surface area contributed by atoms with E-state index < -0.39 is 0 Å². The summed E-state index contributed by atoms with van der Waals surface area (Å²) in [5.74, 6) is 2.09. The molecular weight excluding hydrogens is 469 g/mol. The zero-order valence-electron chi connectivity index (χ0n) is 18.4. The number of hydrogen-bond donors (Lipinski definition) is 1. The van der Waals surface area contributed by atoms with Crippen molar-refractivity contribution >= 4 is 40.8 Å². The first kappa shape index (κ1) is 22.4. The van der Waals surface area contributed by atoms with Crippen LogP contribution in [0.3, 0.4) is 0 Å². The number of fused-ring (bicyclic) bond motifs is 1. The average molecular weight is 492 g/mol. The Hall–Kier alpha value is -3.35. The number of hydrogen-bond acceptors (Lipinski definition) is 5. The fraction of sp³-hybridized carbons (Fsp3) is 0.192. The molecule has 5 rings (SSSR count). The summed E-state index contributed by atoms with van der Waals surface area (Å²) < 4.78 is 1.81. The van der Waals surface area contributed by atoms with Crippen LogP contribution in [0.2, 0.25) is 10.0 Å². The van der Waals surface area contributed by atoms with Gasteiger partial charge in [-0.2, -0.15) is 4.98 Å². The van der Waals surface area contributed by atoms with Crippen LogP contribution in [0.15, 0.2) is 77.7 Å². The van der Waals surface area contributed by atoms with E-state index in [9.17, 15) is 4.79 Å². The van der Waals surface area contributed by atoms with Crippen molar-refractivity contribution in [2.75, 3.05) is 23.3 Å². The zero-order valence-corrected chi connectivity index (χ0v) is 19.9. The van der Waals surface area contributed by atoms with Crippen molar-refractivity contribution in [2.24, 2.45) is 0 Å². The summed E-state index contributed by atoms with van der Waals surface area (Å²) in [7, 11) is 0. The molecule has 1 N–H and O–H groups in total. The van der Waals surface area contributed by atoms with Crippen LogP contribution in [-0.4, -0.2) is 27.6 Å². The molecule has 34 heavy (non-hydrogen) atoms. The van der Waals surface area contributed by atoms with Gasteiger partial charge in [0.25, 0.3) is 5.56 Å². The minimum absolute atomic E-state index is 0.00919. The van der Waals surface area contributed by atoms with Gasteiger partial charge < -0.3 is 10.2 Å². The molecule has 4 aromatic rings. The number of nitrogens with one attached hydrogen (secondary N) is 1. The maximum atomic E-state index is 12.9. The molecule has 1 aliphatic heterocycles. The quantitative estimate of drug-likeness (QED) is 0.368. The fourth-order valence-corrected chi connectivity index (χ4v) is 4.80. The van der Waals surface area contributed by atoms with Gasteiger partial charge in [0.1, 0.15) is 11.6 Å². The zero-order chi connectivity index (χ0) is 23.5. The summed E-state index contributed by atoms with van der Waals surface area (Å²) in [6.07, 6.45) is 3.23. The Morgan fingerprint density at radius 3 is 2.50 bits per heavy atom. The van der Waals surface area contributed by atoms with Crippen molar-refractivity contribution in [1.29, 1.82) is 0 Å². The summed E-state index contributed by atoms with van der Waals surface area (Å²) in [6.45, 7) is 2.04. The van der Waals surface area contributed by atoms with Gasteiger partial charge in [0.05, 0.1) is 0 Å². The molecule has 0 fully saturated rings. The van der Waals surface area contributed by atoms with Crippen LogP contribution in [0.4, 0.5) is 17.6 Å². The molecule has 0 amide bonds. The molecule has 8 heteroatoms. The predicted octanol–water partition coefficient (Wildman–Crippen LogP) is 5.81. The van der Waals surface area contributed by atoms with Crippen LogP contribution in [0.5, 0.6) is 0 Å². The van der Waals surface area contributed by atoms with Gasteiger partial charge in [-0.1, -0.05) is 59.6 Å². The Kier molecular flexibility index (Phi) is 6.52. The lowest BCUT2D eigenvalue weighted by Crippen LogP contribution is -2.35. The van der Waals surface area contributed by atoms with Gasteiger partial charge in [0.2, 0.25) is 5.95 Å². The third kappa shape index (κ3) is 4.65. The first-order chi connectivity index (χ1) is 16.6. The Labute approximate surface area is 207 Å². The molecule has 0 unspecified atom stereocenters. The van der Waals surface area contributed by atoms with E-state index in [0.717, 1.165) is 41.3 Å². The minimum Gasteiger partial charge on any atom is -0.354 e. The molecule has 0 atom stereocenters. The van der Waals surface area contributed by atoms with Crippen molar-refractivity contribution in [3.05, 3.63) is 98.9 Å². The van der Waals surface area contributed by atoms with Crippen LogP contribution >= 0.6 is 23.2 Å². The summed E-state index contributed by atoms with van der Waals surface area (Å²) in [5.41, 5.74) is 2.79. The molecule has 1 aliphatic rings. The highest BCUT2D eigenvalue weighted by Gasteiger charge is 2.21. The lowest BCUT2D eigenvalue weighted by atomic mass is 10.1. The topological polar surface area (TPSA) is 63.1 Å². The second kappa shape index (κ2) is 9.87. The Balaban J connectivity index is 1.40. The SMILES string of the molecule is O=c1cc(-c2ccccc2)cc2n1CCCN2c1ccnc(NCCc2c(Cl)cccc2Cl)n1. The van der Waals surface area contributed by atoms with Crippen molar-refractivity contribution in [2.45, 2.75) is 19.4 Å². The molecule has 172 valence electrons. The summed E-state index contributed by atoms with van der Waals surface area (Å²) >= 11 is 12.6. The third-order valence-corrected chi connectivity index (χ3v) is 6.60. The number of rotatable bonds is 6. The van der Waals surface area contributed by atoms with Crippen molar-refractivity contribution in [3.8, 4) is 11.1 Å². The highest BCUT2D eigenvalue weighted by Crippen LogP contribution is 2.31. The van der Waals surface area contributed by atoms with E-state index in [1.807, 2.05) is 59.2 Å². The molecule has 0 spiro atoms. The van der Waals surface area contributed by atoms with Crippen LogP contribution in [-0.2, 0) is 13.0 Å². The monoisotopic (exact) mass is 491 g/mol. The van der Waals surface area contributed by atoms with E-state index in [0.29, 0.717) is 35.5 Å². The van der Waals surface area contributed by atoms with E-state index in [1.165, 1.54) is 0 Å². The number of nitrogens with zero attached hydrogens (tertiary/aromatic N) is 4. The molecule has 0 radical (unpaired) electrons.